The van der Waals surface area contributed by atoms with E-state index in [1.165, 1.54) is 16.3 Å². The van der Waals surface area contributed by atoms with E-state index in [-0.39, 0.29) is 0 Å². The average Bonchev–Trinajstić information content (AvgIpc) is 2.55. The predicted molar refractivity (Wildman–Crippen MR) is 88.7 cm³/mol. The monoisotopic (exact) mass is 291 g/mol. The van der Waals surface area contributed by atoms with Gasteiger partial charge in [0.25, 0.3) is 0 Å². The molecule has 0 unspecified atom stereocenters. The Morgan fingerprint density at radius 2 is 1.64 bits per heavy atom. The highest BCUT2D eigenvalue weighted by atomic mass is 16.4. The van der Waals surface area contributed by atoms with E-state index in [0.29, 0.717) is 6.42 Å². The predicted octanol–water partition coefficient (Wildman–Crippen LogP) is 3.46. The van der Waals surface area contributed by atoms with Crippen LogP contribution in [0.2, 0.25) is 0 Å². The molecule has 0 spiro atoms. The fraction of sp³-hybridized carbons (Fsp3) is 0.105. The van der Waals surface area contributed by atoms with Crippen LogP contribution in [0.15, 0.2) is 66.7 Å². The van der Waals surface area contributed by atoms with Crippen molar-refractivity contribution >= 4 is 16.7 Å². The zero-order valence-electron chi connectivity index (χ0n) is 12.1. The molecule has 3 N–H and O–H groups in total. The molecule has 0 aromatic heterocycles. The molecule has 22 heavy (non-hydrogen) atoms. The molecule has 0 amide bonds. The first kappa shape index (κ1) is 14.3. The summed E-state index contributed by atoms with van der Waals surface area (Å²) in [4.78, 5) is 10.8. The molecule has 0 aliphatic heterocycles. The van der Waals surface area contributed by atoms with Crippen molar-refractivity contribution in [1.29, 1.82) is 0 Å². The Bertz CT molecular complexity index is 804. The lowest BCUT2D eigenvalue weighted by molar-refractivity contribution is -0.138. The maximum atomic E-state index is 10.8. The van der Waals surface area contributed by atoms with Gasteiger partial charge in [0.1, 0.15) is 6.04 Å². The molecule has 0 saturated carbocycles. The van der Waals surface area contributed by atoms with Crippen molar-refractivity contribution < 1.29 is 9.90 Å². The van der Waals surface area contributed by atoms with Gasteiger partial charge in [0.05, 0.1) is 0 Å². The minimum Gasteiger partial charge on any atom is -0.480 e. The van der Waals surface area contributed by atoms with Crippen LogP contribution in [-0.2, 0) is 11.2 Å². The Hall–Kier alpha value is -2.65. The molecule has 0 heterocycles. The summed E-state index contributed by atoms with van der Waals surface area (Å²) in [5.74, 6) is -0.974. The lowest BCUT2D eigenvalue weighted by Gasteiger charge is -2.09. The molecule has 3 rings (SSSR count). The second-order valence-electron chi connectivity index (χ2n) is 5.37. The first-order valence-corrected chi connectivity index (χ1v) is 7.20. The van der Waals surface area contributed by atoms with Gasteiger partial charge in [-0.15, -0.1) is 0 Å². The van der Waals surface area contributed by atoms with Gasteiger partial charge in [0.15, 0.2) is 0 Å². The number of benzene rings is 3. The minimum absolute atomic E-state index is 0.338. The molecule has 3 nitrogen and oxygen atoms in total. The summed E-state index contributed by atoms with van der Waals surface area (Å²) in [5.41, 5.74) is 8.79. The van der Waals surface area contributed by atoms with Crippen molar-refractivity contribution in [3.63, 3.8) is 0 Å². The standard InChI is InChI=1S/C19H17NO2/c20-18(19(21)22)12-13-8-10-15(11-9-13)17-7-3-5-14-4-1-2-6-16(14)17/h1-11,18H,12,20H2,(H,21,22)/t18-/m0/s1. The number of fused-ring (bicyclic) bond motifs is 1. The van der Waals surface area contributed by atoms with Gasteiger partial charge in [-0.05, 0) is 33.9 Å². The van der Waals surface area contributed by atoms with E-state index in [1.807, 2.05) is 42.5 Å². The molecule has 0 radical (unpaired) electrons. The van der Waals surface area contributed by atoms with Crippen LogP contribution in [0.4, 0.5) is 0 Å². The highest BCUT2D eigenvalue weighted by Crippen LogP contribution is 2.28. The van der Waals surface area contributed by atoms with Gasteiger partial charge >= 0.3 is 5.97 Å². The van der Waals surface area contributed by atoms with E-state index in [0.717, 1.165) is 11.1 Å². The number of hydrogen-bond donors (Lipinski definition) is 2. The van der Waals surface area contributed by atoms with Gasteiger partial charge in [-0.2, -0.15) is 0 Å². The highest BCUT2D eigenvalue weighted by molar-refractivity contribution is 5.96. The molecule has 0 fully saturated rings. The topological polar surface area (TPSA) is 63.3 Å². The van der Waals surface area contributed by atoms with Crippen LogP contribution in [0.5, 0.6) is 0 Å². The highest BCUT2D eigenvalue weighted by Gasteiger charge is 2.12. The largest absolute Gasteiger partial charge is 0.480 e. The van der Waals surface area contributed by atoms with E-state index in [2.05, 4.69) is 24.3 Å². The molecule has 3 aromatic rings. The Morgan fingerprint density at radius 3 is 2.36 bits per heavy atom. The number of aliphatic carboxylic acids is 1. The van der Waals surface area contributed by atoms with Crippen LogP contribution < -0.4 is 5.73 Å². The molecular weight excluding hydrogens is 274 g/mol. The average molecular weight is 291 g/mol. The van der Waals surface area contributed by atoms with Crippen molar-refractivity contribution in [3.8, 4) is 11.1 Å². The summed E-state index contributed by atoms with van der Waals surface area (Å²) < 4.78 is 0. The Balaban J connectivity index is 1.93. The Morgan fingerprint density at radius 1 is 0.955 bits per heavy atom. The summed E-state index contributed by atoms with van der Waals surface area (Å²) in [6.45, 7) is 0. The Kier molecular flexibility index (Phi) is 3.90. The molecule has 110 valence electrons. The second-order valence-corrected chi connectivity index (χ2v) is 5.37. The van der Waals surface area contributed by atoms with Gasteiger partial charge < -0.3 is 10.8 Å². The molecule has 3 heteroatoms. The third-order valence-corrected chi connectivity index (χ3v) is 3.83. The number of carbonyl (C=O) groups is 1. The normalized spacial score (nSPS) is 12.2. The molecule has 0 aliphatic carbocycles. The zero-order chi connectivity index (χ0) is 15.5. The number of carboxylic acid groups (broad SMARTS) is 1. The number of nitrogens with two attached hydrogens (primary N) is 1. The van der Waals surface area contributed by atoms with E-state index in [4.69, 9.17) is 10.8 Å². The summed E-state index contributed by atoms with van der Waals surface area (Å²) in [7, 11) is 0. The quantitative estimate of drug-likeness (QED) is 0.773. The van der Waals surface area contributed by atoms with Crippen molar-refractivity contribution in [2.45, 2.75) is 12.5 Å². The van der Waals surface area contributed by atoms with Crippen molar-refractivity contribution in [2.75, 3.05) is 0 Å². The van der Waals surface area contributed by atoms with E-state index in [1.54, 1.807) is 0 Å². The maximum Gasteiger partial charge on any atom is 0.320 e. The van der Waals surface area contributed by atoms with Gasteiger partial charge in [-0.25, -0.2) is 0 Å². The molecule has 0 aliphatic rings. The summed E-state index contributed by atoms with van der Waals surface area (Å²) in [6.07, 6.45) is 0.338. The molecule has 1 atom stereocenters. The van der Waals surface area contributed by atoms with E-state index >= 15 is 0 Å². The van der Waals surface area contributed by atoms with Gasteiger partial charge in [0, 0.05) is 0 Å². The first-order valence-electron chi connectivity index (χ1n) is 7.20. The van der Waals surface area contributed by atoms with Gasteiger partial charge in [-0.3, -0.25) is 4.79 Å². The van der Waals surface area contributed by atoms with Crippen LogP contribution in [0.1, 0.15) is 5.56 Å². The van der Waals surface area contributed by atoms with Gasteiger partial charge in [-0.1, -0.05) is 66.7 Å². The van der Waals surface area contributed by atoms with E-state index < -0.39 is 12.0 Å². The molecular formula is C19H17NO2. The molecule has 3 aromatic carbocycles. The lowest BCUT2D eigenvalue weighted by Crippen LogP contribution is -2.32. The van der Waals surface area contributed by atoms with Crippen molar-refractivity contribution in [3.05, 3.63) is 72.3 Å². The van der Waals surface area contributed by atoms with Crippen LogP contribution in [0.3, 0.4) is 0 Å². The second kappa shape index (κ2) is 6.00. The van der Waals surface area contributed by atoms with Crippen LogP contribution in [0, 0.1) is 0 Å². The zero-order valence-corrected chi connectivity index (χ0v) is 12.1. The fourth-order valence-electron chi connectivity index (χ4n) is 2.64. The van der Waals surface area contributed by atoms with Crippen LogP contribution in [-0.4, -0.2) is 17.1 Å². The van der Waals surface area contributed by atoms with Crippen molar-refractivity contribution in [2.24, 2.45) is 5.73 Å². The maximum absolute atomic E-state index is 10.8. The SMILES string of the molecule is N[C@@H](Cc1ccc(-c2cccc3ccccc23)cc1)C(=O)O. The number of carboxylic acids is 1. The lowest BCUT2D eigenvalue weighted by atomic mass is 9.96. The molecule has 0 saturated heterocycles. The Labute approximate surface area is 129 Å². The van der Waals surface area contributed by atoms with Crippen molar-refractivity contribution in [1.82, 2.24) is 0 Å². The smallest absolute Gasteiger partial charge is 0.320 e. The van der Waals surface area contributed by atoms with E-state index in [9.17, 15) is 4.79 Å². The summed E-state index contributed by atoms with van der Waals surface area (Å²) in [5, 5.41) is 11.3. The number of rotatable bonds is 4. The van der Waals surface area contributed by atoms with Crippen LogP contribution >= 0.6 is 0 Å². The summed E-state index contributed by atoms with van der Waals surface area (Å²) >= 11 is 0. The number of hydrogen-bond acceptors (Lipinski definition) is 2. The van der Waals surface area contributed by atoms with Gasteiger partial charge in [0.2, 0.25) is 0 Å². The third kappa shape index (κ3) is 2.85. The fourth-order valence-corrected chi connectivity index (χ4v) is 2.64. The van der Waals surface area contributed by atoms with Crippen LogP contribution in [0.25, 0.3) is 21.9 Å². The minimum atomic E-state index is -0.974. The first-order chi connectivity index (χ1) is 10.6. The molecule has 0 bridgehead atoms. The third-order valence-electron chi connectivity index (χ3n) is 3.83. The summed E-state index contributed by atoms with van der Waals surface area (Å²) in [6, 6.07) is 21.6.